The molecule has 7 heteroatoms. The second-order valence-electron chi connectivity index (χ2n) is 5.39. The minimum Gasteiger partial charge on any atom is -0.491 e. The Labute approximate surface area is 148 Å². The molecule has 0 bridgehead atoms. The van der Waals surface area contributed by atoms with Crippen molar-refractivity contribution in [1.82, 2.24) is 5.32 Å². The van der Waals surface area contributed by atoms with Gasteiger partial charge in [0.15, 0.2) is 6.10 Å². The lowest BCUT2D eigenvalue weighted by Gasteiger charge is -2.18. The van der Waals surface area contributed by atoms with Crippen LogP contribution in [0.3, 0.4) is 0 Å². The largest absolute Gasteiger partial charge is 0.491 e. The Morgan fingerprint density at radius 2 is 2.12 bits per heavy atom. The fourth-order valence-corrected chi connectivity index (χ4v) is 2.86. The Kier molecular flexibility index (Phi) is 4.83. The number of nitrogens with one attached hydrogen (secondary N) is 1. The monoisotopic (exact) mass is 369 g/mol. The van der Waals surface area contributed by atoms with Gasteiger partial charge in [-0.2, -0.15) is 0 Å². The van der Waals surface area contributed by atoms with E-state index in [2.05, 4.69) is 5.32 Å². The molecule has 0 saturated heterocycles. The summed E-state index contributed by atoms with van der Waals surface area (Å²) in [5, 5.41) is 3.63. The molecule has 1 heterocycles. The molecule has 1 N–H and O–H groups in total. The SMILES string of the molecule is CC(Oc1ccc(Cl)cc1Cl)C(=O)NC1COc2cc(F)ccc21. The summed E-state index contributed by atoms with van der Waals surface area (Å²) in [4.78, 5) is 12.3. The molecule has 1 aliphatic heterocycles. The number of ether oxygens (including phenoxy) is 2. The predicted molar refractivity (Wildman–Crippen MR) is 89.3 cm³/mol. The zero-order valence-corrected chi connectivity index (χ0v) is 14.2. The molecule has 2 unspecified atom stereocenters. The standard InChI is InChI=1S/C17H14Cl2FNO3/c1-9(24-15-5-2-10(18)6-13(15)19)17(22)21-14-8-23-16-7-11(20)3-4-12(14)16/h2-7,9,14H,8H2,1H3,(H,21,22). The first kappa shape index (κ1) is 16.9. The fourth-order valence-electron chi connectivity index (χ4n) is 2.41. The summed E-state index contributed by atoms with van der Waals surface area (Å²) in [6.07, 6.45) is -0.770. The van der Waals surface area contributed by atoms with E-state index in [4.69, 9.17) is 32.7 Å². The predicted octanol–water partition coefficient (Wildman–Crippen LogP) is 4.15. The lowest BCUT2D eigenvalue weighted by Crippen LogP contribution is -2.39. The molecule has 3 rings (SSSR count). The molecule has 0 spiro atoms. The van der Waals surface area contributed by atoms with Crippen LogP contribution < -0.4 is 14.8 Å². The van der Waals surface area contributed by atoms with Crippen molar-refractivity contribution in [2.45, 2.75) is 19.1 Å². The summed E-state index contributed by atoms with van der Waals surface area (Å²) in [5.41, 5.74) is 0.737. The Morgan fingerprint density at radius 3 is 2.88 bits per heavy atom. The Balaban J connectivity index is 1.65. The first-order valence-corrected chi connectivity index (χ1v) is 8.04. The van der Waals surface area contributed by atoms with E-state index in [1.807, 2.05) is 0 Å². The van der Waals surface area contributed by atoms with Crippen LogP contribution >= 0.6 is 23.2 Å². The summed E-state index contributed by atoms with van der Waals surface area (Å²) in [6, 6.07) is 8.66. The number of amides is 1. The van der Waals surface area contributed by atoms with Gasteiger partial charge >= 0.3 is 0 Å². The van der Waals surface area contributed by atoms with Crippen LogP contribution in [0.25, 0.3) is 0 Å². The molecular formula is C17H14Cl2FNO3. The van der Waals surface area contributed by atoms with Crippen LogP contribution in [0.1, 0.15) is 18.5 Å². The Morgan fingerprint density at radius 1 is 1.33 bits per heavy atom. The Bertz CT molecular complexity index is 784. The van der Waals surface area contributed by atoms with Crippen molar-refractivity contribution in [3.05, 3.63) is 57.8 Å². The first-order valence-electron chi connectivity index (χ1n) is 7.28. The van der Waals surface area contributed by atoms with Crippen LogP contribution in [-0.2, 0) is 4.79 Å². The summed E-state index contributed by atoms with van der Waals surface area (Å²) in [5.74, 6) is 0.102. The van der Waals surface area contributed by atoms with Crippen molar-refractivity contribution in [2.24, 2.45) is 0 Å². The van der Waals surface area contributed by atoms with Crippen molar-refractivity contribution in [3.63, 3.8) is 0 Å². The lowest BCUT2D eigenvalue weighted by atomic mass is 10.1. The van der Waals surface area contributed by atoms with Crippen LogP contribution in [-0.4, -0.2) is 18.6 Å². The van der Waals surface area contributed by atoms with E-state index >= 15 is 0 Å². The molecule has 0 aromatic heterocycles. The van der Waals surface area contributed by atoms with Crippen LogP contribution in [0.4, 0.5) is 4.39 Å². The smallest absolute Gasteiger partial charge is 0.261 e. The van der Waals surface area contributed by atoms with Gasteiger partial charge in [0.25, 0.3) is 5.91 Å². The van der Waals surface area contributed by atoms with Gasteiger partial charge < -0.3 is 14.8 Å². The molecular weight excluding hydrogens is 356 g/mol. The number of carbonyl (C=O) groups is 1. The van der Waals surface area contributed by atoms with Crippen molar-refractivity contribution >= 4 is 29.1 Å². The molecule has 2 atom stereocenters. The summed E-state index contributed by atoms with van der Waals surface area (Å²) >= 11 is 11.9. The maximum Gasteiger partial charge on any atom is 0.261 e. The minimum atomic E-state index is -0.770. The van der Waals surface area contributed by atoms with E-state index in [0.717, 1.165) is 5.56 Å². The van der Waals surface area contributed by atoms with Gasteiger partial charge in [-0.15, -0.1) is 0 Å². The van der Waals surface area contributed by atoms with Crippen molar-refractivity contribution < 1.29 is 18.7 Å². The number of carbonyl (C=O) groups excluding carboxylic acids is 1. The fraction of sp³-hybridized carbons (Fsp3) is 0.235. The van der Waals surface area contributed by atoms with E-state index in [-0.39, 0.29) is 24.4 Å². The lowest BCUT2D eigenvalue weighted by molar-refractivity contribution is -0.128. The number of rotatable bonds is 4. The molecule has 1 aliphatic rings. The molecule has 4 nitrogen and oxygen atoms in total. The number of hydrogen-bond donors (Lipinski definition) is 1. The number of hydrogen-bond acceptors (Lipinski definition) is 3. The minimum absolute atomic E-state index is 0.249. The molecule has 2 aromatic rings. The molecule has 126 valence electrons. The van der Waals surface area contributed by atoms with E-state index in [9.17, 15) is 9.18 Å². The third kappa shape index (κ3) is 3.57. The third-order valence-electron chi connectivity index (χ3n) is 3.64. The second-order valence-corrected chi connectivity index (χ2v) is 6.23. The van der Waals surface area contributed by atoms with Crippen molar-refractivity contribution in [3.8, 4) is 11.5 Å². The zero-order chi connectivity index (χ0) is 17.3. The van der Waals surface area contributed by atoms with Crippen LogP contribution in [0.15, 0.2) is 36.4 Å². The molecule has 1 amide bonds. The molecule has 0 radical (unpaired) electrons. The second kappa shape index (κ2) is 6.87. The highest BCUT2D eigenvalue weighted by Crippen LogP contribution is 2.33. The molecule has 2 aromatic carbocycles. The van der Waals surface area contributed by atoms with E-state index in [0.29, 0.717) is 21.5 Å². The van der Waals surface area contributed by atoms with E-state index < -0.39 is 6.10 Å². The normalized spacial score (nSPS) is 16.9. The van der Waals surface area contributed by atoms with Crippen molar-refractivity contribution in [2.75, 3.05) is 6.61 Å². The number of benzene rings is 2. The molecule has 0 aliphatic carbocycles. The van der Waals surface area contributed by atoms with Crippen LogP contribution in [0.2, 0.25) is 10.0 Å². The van der Waals surface area contributed by atoms with Crippen molar-refractivity contribution in [1.29, 1.82) is 0 Å². The quantitative estimate of drug-likeness (QED) is 0.880. The highest BCUT2D eigenvalue weighted by molar-refractivity contribution is 6.35. The summed E-state index contributed by atoms with van der Waals surface area (Å²) in [6.45, 7) is 1.86. The molecule has 24 heavy (non-hydrogen) atoms. The van der Waals surface area contributed by atoms with E-state index in [1.54, 1.807) is 31.2 Å². The zero-order valence-electron chi connectivity index (χ0n) is 12.7. The summed E-state index contributed by atoms with van der Waals surface area (Å²) < 4.78 is 24.1. The van der Waals surface area contributed by atoms with Gasteiger partial charge in [0.1, 0.15) is 23.9 Å². The highest BCUT2D eigenvalue weighted by atomic mass is 35.5. The van der Waals surface area contributed by atoms with Gasteiger partial charge in [0.05, 0.1) is 11.1 Å². The first-order chi connectivity index (χ1) is 11.4. The number of fused-ring (bicyclic) bond motifs is 1. The van der Waals surface area contributed by atoms with Gasteiger partial charge in [-0.05, 0) is 31.2 Å². The highest BCUT2D eigenvalue weighted by Gasteiger charge is 2.28. The third-order valence-corrected chi connectivity index (χ3v) is 4.17. The summed E-state index contributed by atoms with van der Waals surface area (Å²) in [7, 11) is 0. The maximum atomic E-state index is 13.2. The van der Waals surface area contributed by atoms with Gasteiger partial charge in [-0.1, -0.05) is 29.3 Å². The van der Waals surface area contributed by atoms with Crippen LogP contribution in [0, 0.1) is 5.82 Å². The van der Waals surface area contributed by atoms with Gasteiger partial charge in [0.2, 0.25) is 0 Å². The number of halogens is 3. The van der Waals surface area contributed by atoms with Gasteiger partial charge in [0, 0.05) is 16.7 Å². The maximum absolute atomic E-state index is 13.2. The molecule has 0 fully saturated rings. The Hall–Kier alpha value is -1.98. The molecule has 0 saturated carbocycles. The van der Waals surface area contributed by atoms with E-state index in [1.165, 1.54) is 12.1 Å². The van der Waals surface area contributed by atoms with Crippen LogP contribution in [0.5, 0.6) is 11.5 Å². The average molecular weight is 370 g/mol. The average Bonchev–Trinajstić information content (AvgIpc) is 2.92. The van der Waals surface area contributed by atoms with Gasteiger partial charge in [-0.3, -0.25) is 4.79 Å². The topological polar surface area (TPSA) is 47.6 Å². The van der Waals surface area contributed by atoms with Gasteiger partial charge in [-0.25, -0.2) is 4.39 Å².